The largest absolute Gasteiger partial charge is 0.496 e. The van der Waals surface area contributed by atoms with Crippen molar-refractivity contribution in [2.45, 2.75) is 19.4 Å². The van der Waals surface area contributed by atoms with Gasteiger partial charge in [0.25, 0.3) is 0 Å². The fourth-order valence-electron chi connectivity index (χ4n) is 4.95. The summed E-state index contributed by atoms with van der Waals surface area (Å²) in [7, 11) is 1.59. The van der Waals surface area contributed by atoms with E-state index >= 15 is 0 Å². The number of aromatic nitrogens is 1. The summed E-state index contributed by atoms with van der Waals surface area (Å²) in [5, 5.41) is 5.00. The Labute approximate surface area is 177 Å². The highest BCUT2D eigenvalue weighted by molar-refractivity contribution is 7.14. The number of amides is 3. The fraction of sp³-hybridized carbons (Fsp3) is 0.364. The van der Waals surface area contributed by atoms with Crippen molar-refractivity contribution in [1.29, 1.82) is 0 Å². The van der Waals surface area contributed by atoms with Gasteiger partial charge < -0.3 is 10.1 Å². The van der Waals surface area contributed by atoms with Gasteiger partial charge in [0.05, 0.1) is 24.6 Å². The summed E-state index contributed by atoms with van der Waals surface area (Å²) in [6.45, 7) is 1.59. The number of benzene rings is 1. The molecule has 2 fully saturated rings. The number of rotatable bonds is 5. The van der Waals surface area contributed by atoms with E-state index < -0.39 is 11.9 Å². The van der Waals surface area contributed by atoms with Crippen LogP contribution in [-0.4, -0.2) is 40.8 Å². The fourth-order valence-corrected chi connectivity index (χ4v) is 5.66. The normalized spacial score (nSPS) is 27.5. The monoisotopic (exact) mass is 423 g/mol. The SMILES string of the molecule is COc1ccccc1-c1csc(NC(=O)[C@H](C)N2C(=O)[C@@H]3[C@@H](C2=O)[C@H]2C=C[C@H]3C2)n1. The van der Waals surface area contributed by atoms with Crippen molar-refractivity contribution in [2.24, 2.45) is 23.7 Å². The third kappa shape index (κ3) is 2.78. The van der Waals surface area contributed by atoms with E-state index in [1.807, 2.05) is 41.8 Å². The molecule has 5 atom stereocenters. The van der Waals surface area contributed by atoms with Gasteiger partial charge in [0.2, 0.25) is 17.7 Å². The summed E-state index contributed by atoms with van der Waals surface area (Å²) in [5.74, 6) is -0.538. The van der Waals surface area contributed by atoms with Gasteiger partial charge in [-0.25, -0.2) is 4.98 Å². The van der Waals surface area contributed by atoms with Crippen LogP contribution in [0.4, 0.5) is 5.13 Å². The number of hydrogen-bond donors (Lipinski definition) is 1. The first-order valence-corrected chi connectivity index (χ1v) is 10.8. The number of imide groups is 1. The first kappa shape index (κ1) is 19.0. The van der Waals surface area contributed by atoms with Crippen LogP contribution in [0.2, 0.25) is 0 Å². The van der Waals surface area contributed by atoms with Crippen molar-refractivity contribution in [2.75, 3.05) is 12.4 Å². The van der Waals surface area contributed by atoms with Gasteiger partial charge in [-0.1, -0.05) is 24.3 Å². The highest BCUT2D eigenvalue weighted by atomic mass is 32.1. The number of thiazole rings is 1. The molecule has 2 aliphatic carbocycles. The Morgan fingerprint density at radius 1 is 1.20 bits per heavy atom. The average Bonchev–Trinajstić information content (AvgIpc) is 3.52. The standard InChI is InChI=1S/C22H21N3O4S/c1-11(25-20(27)17-12-7-8-13(9-12)18(17)21(25)28)19(26)24-22-23-15(10-30-22)14-5-3-4-6-16(14)29-2/h3-8,10-13,17-18H,9H2,1-2H3,(H,23,24,26)/t11-,12-,13-,17-,18-/m0/s1. The maximum Gasteiger partial charge on any atom is 0.249 e. The van der Waals surface area contributed by atoms with E-state index in [0.717, 1.165) is 16.9 Å². The number of para-hydroxylation sites is 1. The number of hydrogen-bond acceptors (Lipinski definition) is 6. The minimum Gasteiger partial charge on any atom is -0.496 e. The molecule has 5 rings (SSSR count). The summed E-state index contributed by atoms with van der Waals surface area (Å²) >= 11 is 1.28. The molecule has 1 aromatic heterocycles. The molecule has 3 amide bonds. The van der Waals surface area contributed by atoms with Crippen molar-refractivity contribution in [1.82, 2.24) is 9.88 Å². The maximum atomic E-state index is 12.9. The number of carbonyl (C=O) groups excluding carboxylic acids is 3. The number of likely N-dealkylation sites (tertiary alicyclic amines) is 1. The number of allylic oxidation sites excluding steroid dienone is 2. The van der Waals surface area contributed by atoms with Crippen LogP contribution < -0.4 is 10.1 Å². The molecule has 0 spiro atoms. The molecule has 2 heterocycles. The van der Waals surface area contributed by atoms with E-state index in [4.69, 9.17) is 4.74 Å². The van der Waals surface area contributed by atoms with Crippen LogP contribution in [0, 0.1) is 23.7 Å². The second-order valence-electron chi connectivity index (χ2n) is 7.95. The molecule has 1 aromatic carbocycles. The molecule has 7 nitrogen and oxygen atoms in total. The molecule has 0 radical (unpaired) electrons. The molecule has 2 aromatic rings. The van der Waals surface area contributed by atoms with Crippen molar-refractivity contribution in [3.8, 4) is 17.0 Å². The summed E-state index contributed by atoms with van der Waals surface area (Å²) in [6, 6.07) is 6.62. The zero-order chi connectivity index (χ0) is 21.0. The lowest BCUT2D eigenvalue weighted by Crippen LogP contribution is -2.46. The minimum atomic E-state index is -0.881. The molecule has 1 aliphatic heterocycles. The van der Waals surface area contributed by atoms with Crippen molar-refractivity contribution in [3.63, 3.8) is 0 Å². The Bertz CT molecular complexity index is 1050. The molecular formula is C22H21N3O4S. The number of nitrogens with zero attached hydrogens (tertiary/aromatic N) is 2. The molecule has 2 bridgehead atoms. The lowest BCUT2D eigenvalue weighted by molar-refractivity contribution is -0.146. The van der Waals surface area contributed by atoms with Crippen LogP contribution in [0.15, 0.2) is 41.8 Å². The van der Waals surface area contributed by atoms with Crippen LogP contribution in [0.3, 0.4) is 0 Å². The second-order valence-corrected chi connectivity index (χ2v) is 8.81. The first-order chi connectivity index (χ1) is 14.5. The molecule has 1 saturated carbocycles. The van der Waals surface area contributed by atoms with Gasteiger partial charge in [-0.2, -0.15) is 0 Å². The molecule has 154 valence electrons. The van der Waals surface area contributed by atoms with E-state index in [9.17, 15) is 14.4 Å². The van der Waals surface area contributed by atoms with E-state index in [1.54, 1.807) is 14.0 Å². The van der Waals surface area contributed by atoms with Gasteiger partial charge in [0, 0.05) is 10.9 Å². The summed E-state index contributed by atoms with van der Waals surface area (Å²) in [4.78, 5) is 44.3. The zero-order valence-electron chi connectivity index (χ0n) is 16.6. The number of nitrogens with one attached hydrogen (secondary N) is 1. The van der Waals surface area contributed by atoms with Crippen LogP contribution in [0.5, 0.6) is 5.75 Å². The minimum absolute atomic E-state index is 0.124. The summed E-state index contributed by atoms with van der Waals surface area (Å²) < 4.78 is 5.37. The van der Waals surface area contributed by atoms with Crippen LogP contribution in [0.1, 0.15) is 13.3 Å². The zero-order valence-corrected chi connectivity index (χ0v) is 17.4. The van der Waals surface area contributed by atoms with Crippen molar-refractivity contribution < 1.29 is 19.1 Å². The quantitative estimate of drug-likeness (QED) is 0.590. The van der Waals surface area contributed by atoms with Gasteiger partial charge in [0.15, 0.2) is 5.13 Å². The van der Waals surface area contributed by atoms with E-state index in [2.05, 4.69) is 10.3 Å². The van der Waals surface area contributed by atoms with Gasteiger partial charge in [0.1, 0.15) is 11.8 Å². The third-order valence-electron chi connectivity index (χ3n) is 6.39. The molecule has 0 unspecified atom stereocenters. The molecule has 1 saturated heterocycles. The van der Waals surface area contributed by atoms with Crippen LogP contribution in [-0.2, 0) is 14.4 Å². The number of anilines is 1. The Hall–Kier alpha value is -3.00. The highest BCUT2D eigenvalue weighted by Crippen LogP contribution is 2.52. The Kier molecular flexibility index (Phi) is 4.47. The van der Waals surface area contributed by atoms with Gasteiger partial charge in [-0.3, -0.25) is 19.3 Å². The van der Waals surface area contributed by atoms with Gasteiger partial charge in [-0.15, -0.1) is 11.3 Å². The van der Waals surface area contributed by atoms with Crippen molar-refractivity contribution >= 4 is 34.2 Å². The summed E-state index contributed by atoms with van der Waals surface area (Å²) in [5.41, 5.74) is 1.51. The Morgan fingerprint density at radius 3 is 2.53 bits per heavy atom. The first-order valence-electron chi connectivity index (χ1n) is 9.94. The van der Waals surface area contributed by atoms with Crippen molar-refractivity contribution in [3.05, 3.63) is 41.8 Å². The molecule has 8 heteroatoms. The number of carbonyl (C=O) groups is 3. The van der Waals surface area contributed by atoms with E-state index in [1.165, 1.54) is 11.3 Å². The second kappa shape index (κ2) is 7.05. The Morgan fingerprint density at radius 2 is 1.87 bits per heavy atom. The number of methoxy groups -OCH3 is 1. The maximum absolute atomic E-state index is 12.9. The third-order valence-corrected chi connectivity index (χ3v) is 7.15. The lowest BCUT2D eigenvalue weighted by Gasteiger charge is -2.23. The molecule has 3 aliphatic rings. The average molecular weight is 423 g/mol. The molecule has 1 N–H and O–H groups in total. The molecule has 30 heavy (non-hydrogen) atoms. The summed E-state index contributed by atoms with van der Waals surface area (Å²) in [6.07, 6.45) is 4.95. The predicted octanol–water partition coefficient (Wildman–Crippen LogP) is 2.95. The predicted molar refractivity (Wildman–Crippen MR) is 112 cm³/mol. The number of fused-ring (bicyclic) bond motifs is 5. The topological polar surface area (TPSA) is 88.6 Å². The smallest absolute Gasteiger partial charge is 0.249 e. The lowest BCUT2D eigenvalue weighted by atomic mass is 9.85. The Balaban J connectivity index is 1.31. The van der Waals surface area contributed by atoms with Crippen LogP contribution >= 0.6 is 11.3 Å². The number of ether oxygens (including phenoxy) is 1. The van der Waals surface area contributed by atoms with Gasteiger partial charge in [-0.05, 0) is 37.3 Å². The highest BCUT2D eigenvalue weighted by Gasteiger charge is 2.60. The molecular weight excluding hydrogens is 402 g/mol. The van der Waals surface area contributed by atoms with Gasteiger partial charge >= 0.3 is 0 Å². The van der Waals surface area contributed by atoms with Crippen LogP contribution in [0.25, 0.3) is 11.3 Å². The van der Waals surface area contributed by atoms with E-state index in [0.29, 0.717) is 16.6 Å². The van der Waals surface area contributed by atoms with E-state index in [-0.39, 0.29) is 35.5 Å².